The van der Waals surface area contributed by atoms with Crippen molar-refractivity contribution >= 4 is 19.4 Å². The number of unbranched alkanes of at least 4 members (excludes halogenated alkanes) is 11. The molecule has 1 atom stereocenters. The van der Waals surface area contributed by atoms with E-state index in [4.69, 9.17) is 30.8 Å². The molecule has 154 valence electrons. The van der Waals surface area contributed by atoms with Gasteiger partial charge in [0.15, 0.2) is 0 Å². The second-order valence-corrected chi connectivity index (χ2v) is 8.36. The zero-order valence-corrected chi connectivity index (χ0v) is 17.8. The Bertz CT molecular complexity index is 295. The van der Waals surface area contributed by atoms with Crippen molar-refractivity contribution in [1.82, 2.24) is 0 Å². The first-order valence-corrected chi connectivity index (χ1v) is 12.0. The van der Waals surface area contributed by atoms with Crippen LogP contribution in [0.5, 0.6) is 0 Å². The summed E-state index contributed by atoms with van der Waals surface area (Å²) in [6.45, 7) is 3.37. The van der Waals surface area contributed by atoms with Gasteiger partial charge in [0, 0.05) is 5.38 Å². The monoisotopic (exact) mass is 401 g/mol. The lowest BCUT2D eigenvalue weighted by Gasteiger charge is -2.09. The molecule has 0 saturated carbocycles. The maximum atomic E-state index is 8.77. The first-order chi connectivity index (χ1) is 11.8. The summed E-state index contributed by atoms with van der Waals surface area (Å²) in [5.41, 5.74) is 3.88. The summed E-state index contributed by atoms with van der Waals surface area (Å²) in [4.78, 5) is 22.9. The van der Waals surface area contributed by atoms with Crippen LogP contribution in [-0.4, -0.2) is 21.7 Å². The Morgan fingerprint density at radius 3 is 1.52 bits per heavy atom. The molecular formula is C18H41ClNO4P. The minimum atomic E-state index is -4.89. The van der Waals surface area contributed by atoms with E-state index in [9.17, 15) is 0 Å². The highest BCUT2D eigenvalue weighted by Crippen LogP contribution is 2.19. The first-order valence-electron chi connectivity index (χ1n) is 10.0. The van der Waals surface area contributed by atoms with Crippen LogP contribution in [0.15, 0.2) is 0 Å². The Labute approximate surface area is 160 Å². The third kappa shape index (κ3) is 36.1. The first kappa shape index (κ1) is 27.6. The molecule has 0 heterocycles. The van der Waals surface area contributed by atoms with Crippen LogP contribution in [0.25, 0.3) is 0 Å². The normalized spacial score (nSPS) is 12.6. The predicted molar refractivity (Wildman–Crippen MR) is 104 cm³/mol. The summed E-state index contributed by atoms with van der Waals surface area (Å²) in [7, 11) is -4.89. The largest absolute Gasteiger partial charge is 0.756 e. The molecule has 0 bridgehead atoms. The van der Waals surface area contributed by atoms with E-state index in [-0.39, 0.29) is 0 Å². The van der Waals surface area contributed by atoms with Crippen LogP contribution in [0.2, 0.25) is 0 Å². The molecule has 0 aliphatic heterocycles. The summed E-state index contributed by atoms with van der Waals surface area (Å²) < 4.78 is 8.77. The second kappa shape index (κ2) is 20.7. The van der Waals surface area contributed by atoms with Crippen LogP contribution in [-0.2, 0) is 4.57 Å². The zero-order valence-electron chi connectivity index (χ0n) is 16.1. The number of quaternary nitrogens is 1. The van der Waals surface area contributed by atoms with E-state index in [0.29, 0.717) is 5.38 Å². The molecule has 7 heteroatoms. The van der Waals surface area contributed by atoms with Crippen molar-refractivity contribution in [1.29, 1.82) is 0 Å². The number of halogens is 1. The minimum absolute atomic E-state index is 0.439. The molecule has 0 aromatic heterocycles. The lowest BCUT2D eigenvalue weighted by Crippen LogP contribution is -2.50. The van der Waals surface area contributed by atoms with Gasteiger partial charge in [0.1, 0.15) is 0 Å². The molecule has 0 aromatic rings. The number of phosphoric acid groups is 1. The van der Waals surface area contributed by atoms with Crippen molar-refractivity contribution in [3.63, 3.8) is 0 Å². The number of hydrogen-bond acceptors (Lipinski definition) is 2. The van der Waals surface area contributed by atoms with Gasteiger partial charge in [0.25, 0.3) is 7.82 Å². The maximum absolute atomic E-state index is 8.77. The van der Waals surface area contributed by atoms with E-state index in [2.05, 4.69) is 12.7 Å². The van der Waals surface area contributed by atoms with E-state index in [1.807, 2.05) is 0 Å². The summed E-state index contributed by atoms with van der Waals surface area (Å²) >= 11 is 6.37. The summed E-state index contributed by atoms with van der Waals surface area (Å²) in [5.74, 6) is 0. The fraction of sp³-hybridized carbons (Fsp3) is 1.00. The van der Waals surface area contributed by atoms with Gasteiger partial charge in [-0.15, -0.1) is 11.6 Å². The van der Waals surface area contributed by atoms with Crippen LogP contribution in [0.4, 0.5) is 0 Å². The lowest BCUT2D eigenvalue weighted by atomic mass is 10.0. The van der Waals surface area contributed by atoms with Crippen molar-refractivity contribution in [2.24, 2.45) is 0 Å². The fourth-order valence-corrected chi connectivity index (χ4v) is 3.03. The average Bonchev–Trinajstić information content (AvgIpc) is 2.52. The van der Waals surface area contributed by atoms with E-state index in [1.54, 1.807) is 0 Å². The van der Waals surface area contributed by atoms with E-state index < -0.39 is 7.82 Å². The van der Waals surface area contributed by atoms with Gasteiger partial charge in [-0.1, -0.05) is 77.6 Å². The van der Waals surface area contributed by atoms with Crippen molar-refractivity contribution in [2.45, 2.75) is 109 Å². The average molecular weight is 402 g/mol. The second-order valence-electron chi connectivity index (χ2n) is 6.76. The number of alkyl halides is 1. The topological polar surface area (TPSA) is 108 Å². The molecule has 0 aliphatic rings. The van der Waals surface area contributed by atoms with Crippen LogP contribution in [0.1, 0.15) is 103 Å². The molecule has 25 heavy (non-hydrogen) atoms. The van der Waals surface area contributed by atoms with Gasteiger partial charge in [-0.05, 0) is 25.7 Å². The van der Waals surface area contributed by atoms with E-state index in [1.165, 1.54) is 96.3 Å². The Balaban J connectivity index is 0. The van der Waals surface area contributed by atoms with E-state index >= 15 is 0 Å². The quantitative estimate of drug-likeness (QED) is 0.205. The van der Waals surface area contributed by atoms with Crippen LogP contribution in [0.3, 0.4) is 0 Å². The molecule has 0 amide bonds. The molecule has 0 radical (unpaired) electrons. The third-order valence-corrected chi connectivity index (χ3v) is 4.57. The van der Waals surface area contributed by atoms with Crippen LogP contribution in [0, 0.1) is 0 Å². The molecule has 0 fully saturated rings. The summed E-state index contributed by atoms with van der Waals surface area (Å²) in [6.07, 6.45) is 20.4. The van der Waals surface area contributed by atoms with Crippen molar-refractivity contribution < 1.29 is 25.0 Å². The smallest absolute Gasteiger partial charge is 0.262 e. The predicted octanol–water partition coefficient (Wildman–Crippen LogP) is 4.15. The van der Waals surface area contributed by atoms with Crippen molar-refractivity contribution in [3.8, 4) is 0 Å². The third-order valence-electron chi connectivity index (χ3n) is 4.14. The van der Waals surface area contributed by atoms with Crippen molar-refractivity contribution in [2.75, 3.05) is 6.54 Å². The van der Waals surface area contributed by atoms with Crippen molar-refractivity contribution in [3.05, 3.63) is 0 Å². The molecule has 0 aliphatic carbocycles. The van der Waals surface area contributed by atoms with Crippen LogP contribution >= 0.6 is 19.4 Å². The van der Waals surface area contributed by atoms with Gasteiger partial charge in [-0.25, -0.2) is 0 Å². The molecule has 0 aromatic carbocycles. The molecular weight excluding hydrogens is 361 g/mol. The van der Waals surface area contributed by atoms with Gasteiger partial charge < -0.3 is 20.4 Å². The van der Waals surface area contributed by atoms with E-state index in [0.717, 1.165) is 6.54 Å². The summed E-state index contributed by atoms with van der Waals surface area (Å²) in [6, 6.07) is 0. The number of rotatable bonds is 16. The molecule has 0 rings (SSSR count). The molecule has 1 unspecified atom stereocenters. The SMILES string of the molecule is CCCCCCC(Cl)CCCCCCCCCCC[NH3+].O=P([O-])(O)O. The standard InChI is InChI=1S/C18H38ClN.H3O4P/c1-2-3-4-12-15-18(19)16-13-10-8-6-5-7-9-11-14-17-20;1-5(2,3)4/h18H,2-17,20H2,1H3;(H3,1,2,3,4). The zero-order chi connectivity index (χ0) is 19.4. The van der Waals surface area contributed by atoms with Gasteiger partial charge in [-0.2, -0.15) is 0 Å². The number of hydrogen-bond donors (Lipinski definition) is 3. The Kier molecular flexibility index (Phi) is 22.8. The van der Waals surface area contributed by atoms with Gasteiger partial charge in [0.05, 0.1) is 6.54 Å². The Morgan fingerprint density at radius 1 is 0.840 bits per heavy atom. The molecule has 5 nitrogen and oxygen atoms in total. The van der Waals surface area contributed by atoms with Crippen LogP contribution < -0.4 is 10.6 Å². The Hall–Kier alpha value is 0.360. The van der Waals surface area contributed by atoms with Gasteiger partial charge >= 0.3 is 0 Å². The highest BCUT2D eigenvalue weighted by Gasteiger charge is 2.03. The maximum Gasteiger partial charge on any atom is 0.262 e. The highest BCUT2D eigenvalue weighted by atomic mass is 35.5. The fourth-order valence-electron chi connectivity index (χ4n) is 2.72. The van der Waals surface area contributed by atoms with Gasteiger partial charge in [0.2, 0.25) is 0 Å². The lowest BCUT2D eigenvalue weighted by molar-refractivity contribution is -0.368. The minimum Gasteiger partial charge on any atom is -0.756 e. The Morgan fingerprint density at radius 2 is 1.16 bits per heavy atom. The molecule has 5 N–H and O–H groups in total. The summed E-state index contributed by atoms with van der Waals surface area (Å²) in [5, 5.41) is 0.439. The molecule has 0 saturated heterocycles. The molecule has 0 spiro atoms. The highest BCUT2D eigenvalue weighted by molar-refractivity contribution is 7.43. The van der Waals surface area contributed by atoms with Gasteiger partial charge in [-0.3, -0.25) is 4.57 Å².